The third-order valence-corrected chi connectivity index (χ3v) is 20.7. The van der Waals surface area contributed by atoms with E-state index in [4.69, 9.17) is 104 Å². The molecule has 0 heterocycles. The molecule has 12 rings (SSSR count). The average Bonchev–Trinajstić information content (AvgIpc) is 0.844. The van der Waals surface area contributed by atoms with E-state index in [9.17, 15) is 49.2 Å². The summed E-state index contributed by atoms with van der Waals surface area (Å²) < 4.78 is 0. The lowest BCUT2D eigenvalue weighted by atomic mass is 9.75. The van der Waals surface area contributed by atoms with E-state index in [1.165, 1.54) is 0 Å². The number of hydrogen-bond acceptors (Lipinski definition) is 16. The average molecular weight is 1410 g/mol. The molecule has 0 aromatic heterocycles. The zero-order chi connectivity index (χ0) is 68.8. The molecule has 10 atom stereocenters. The highest BCUT2D eigenvalue weighted by Gasteiger charge is 2.47. The first-order valence-corrected chi connectivity index (χ1v) is 34.0. The third-order valence-electron chi connectivity index (χ3n) is 18.7. The quantitative estimate of drug-likeness (QED) is 0.0741. The maximum atomic E-state index is 12.0. The molecule has 0 unspecified atom stereocenters. The van der Waals surface area contributed by atoms with Crippen molar-refractivity contribution in [1.29, 1.82) is 0 Å². The molecule has 504 valence electrons. The number of hydrogen-bond donors (Lipinski definition) is 10. The summed E-state index contributed by atoms with van der Waals surface area (Å²) in [7, 11) is 0. The third kappa shape index (κ3) is 17.1. The van der Waals surface area contributed by atoms with Gasteiger partial charge in [-0.3, -0.25) is 28.8 Å². The number of nitrogens with two attached hydrogens (primary N) is 6. The molecule has 6 aliphatic carbocycles. The van der Waals surface area contributed by atoms with Gasteiger partial charge in [-0.15, -0.1) is 0 Å². The SMILES string of the molecule is N[C@@]1(c2ccccc2Cl)CCCCC1=O.N[C@@]1(c2ccccc2Cl)CCC[C@@H](O)C1=O.N[C@@]1(c2ccccc2Cl)CCC[C@H](O)C1=O.N[C@]1(c2ccccc2Cl)CCCCC1=O.N[C@]1(c2ccccc2Cl)CCC[C@@H](O)C1=O.N[C@]1(c2ccccc2Cl)CCC[C@H](O)C1=O. The minimum atomic E-state index is -1.13. The fraction of sp³-hybridized carbons (Fsp3) is 0.417. The van der Waals surface area contributed by atoms with E-state index in [0.717, 1.165) is 62.5 Å². The summed E-state index contributed by atoms with van der Waals surface area (Å²) in [5.41, 5.74) is 34.6. The smallest absolute Gasteiger partial charge is 0.185 e. The number of rotatable bonds is 6. The van der Waals surface area contributed by atoms with E-state index in [-0.39, 0.29) is 34.7 Å². The van der Waals surface area contributed by atoms with Crippen molar-refractivity contribution < 1.29 is 49.2 Å². The fourth-order valence-corrected chi connectivity index (χ4v) is 15.0. The zero-order valence-electron chi connectivity index (χ0n) is 52.3. The van der Waals surface area contributed by atoms with Gasteiger partial charge in [0.15, 0.2) is 34.7 Å². The first kappa shape index (κ1) is 76.1. The van der Waals surface area contributed by atoms with Crippen molar-refractivity contribution in [1.82, 2.24) is 0 Å². The Balaban J connectivity index is 0.000000160. The topological polar surface area (TPSA) is 339 Å². The lowest BCUT2D eigenvalue weighted by molar-refractivity contribution is -0.136. The second-order valence-corrected chi connectivity index (χ2v) is 27.5. The molecule has 0 amide bonds. The molecule has 6 fully saturated rings. The lowest BCUT2D eigenvalue weighted by Gasteiger charge is -2.35. The summed E-state index contributed by atoms with van der Waals surface area (Å²) >= 11 is 36.3. The van der Waals surface area contributed by atoms with Crippen LogP contribution in [0.3, 0.4) is 0 Å². The molecule has 94 heavy (non-hydrogen) atoms. The number of benzene rings is 6. The molecule has 6 aromatic carbocycles. The Morgan fingerprint density at radius 2 is 0.436 bits per heavy atom. The molecule has 0 saturated heterocycles. The maximum absolute atomic E-state index is 12.0. The second kappa shape index (κ2) is 33.3. The van der Waals surface area contributed by atoms with Crippen molar-refractivity contribution in [2.45, 2.75) is 186 Å². The van der Waals surface area contributed by atoms with Crippen molar-refractivity contribution in [3.63, 3.8) is 0 Å². The van der Waals surface area contributed by atoms with Crippen molar-refractivity contribution >= 4 is 104 Å². The molecule has 0 bridgehead atoms. The van der Waals surface area contributed by atoms with Crippen LogP contribution in [-0.4, -0.2) is 79.5 Å². The lowest BCUT2D eigenvalue weighted by Crippen LogP contribution is -2.52. The molecule has 0 radical (unpaired) electrons. The Morgan fingerprint density at radius 3 is 0.617 bits per heavy atom. The monoisotopic (exact) mass is 1400 g/mol. The van der Waals surface area contributed by atoms with Gasteiger partial charge in [0.25, 0.3) is 0 Å². The highest BCUT2D eigenvalue weighted by molar-refractivity contribution is 6.33. The van der Waals surface area contributed by atoms with Crippen LogP contribution < -0.4 is 34.4 Å². The fourth-order valence-electron chi connectivity index (χ4n) is 13.2. The van der Waals surface area contributed by atoms with Gasteiger partial charge in [-0.05, 0) is 173 Å². The Hall–Kier alpha value is -5.32. The molecule has 16 N–H and O–H groups in total. The van der Waals surface area contributed by atoms with E-state index in [2.05, 4.69) is 0 Å². The number of Topliss-reactive ketones (excluding diaryl/α,β-unsaturated/α-hetero) is 6. The molecule has 22 heteroatoms. The first-order chi connectivity index (χ1) is 44.5. The summed E-state index contributed by atoms with van der Waals surface area (Å²) in [5, 5.41) is 41.5. The number of carbonyl (C=O) groups is 6. The van der Waals surface area contributed by atoms with Gasteiger partial charge in [-0.1, -0.05) is 192 Å². The number of ketones is 6. The summed E-state index contributed by atoms with van der Waals surface area (Å²) in [6.07, 6.45) is 9.59. The standard InChI is InChI=1S/4C12H14ClNO2.2C12H14ClNO/c4*13-9-5-2-1-4-8(9)12(14)7-3-6-10(15)11(12)16;2*13-10-6-2-1-5-9(10)12(14)8-4-3-7-11(12)15/h4*1-2,4-5,10,15H,3,6-7,14H2;2*1-2,5-6H,3-4,7-8,14H2/t2*10-,12+;2*10-,12-;2*12-/m101010/s1. The number of halogens is 6. The molecule has 6 aromatic rings. The van der Waals surface area contributed by atoms with Gasteiger partial charge < -0.3 is 54.8 Å². The van der Waals surface area contributed by atoms with Crippen LogP contribution in [0.4, 0.5) is 0 Å². The van der Waals surface area contributed by atoms with E-state index >= 15 is 0 Å². The summed E-state index contributed by atoms with van der Waals surface area (Å²) in [6.45, 7) is 0. The van der Waals surface area contributed by atoms with Crippen LogP contribution in [0.25, 0.3) is 0 Å². The molecule has 6 aliphatic rings. The first-order valence-electron chi connectivity index (χ1n) is 31.7. The van der Waals surface area contributed by atoms with Crippen molar-refractivity contribution in [2.75, 3.05) is 0 Å². The predicted molar refractivity (Wildman–Crippen MR) is 370 cm³/mol. The zero-order valence-corrected chi connectivity index (χ0v) is 56.8. The number of aliphatic hydroxyl groups excluding tert-OH is 4. The van der Waals surface area contributed by atoms with Crippen molar-refractivity contribution in [2.24, 2.45) is 34.4 Å². The van der Waals surface area contributed by atoms with E-state index in [1.54, 1.807) is 109 Å². The van der Waals surface area contributed by atoms with E-state index in [1.807, 2.05) is 36.4 Å². The maximum Gasteiger partial charge on any atom is 0.185 e. The van der Waals surface area contributed by atoms with Crippen molar-refractivity contribution in [3.05, 3.63) is 209 Å². The van der Waals surface area contributed by atoms with Gasteiger partial charge in [-0.2, -0.15) is 0 Å². The van der Waals surface area contributed by atoms with Gasteiger partial charge in [-0.25, -0.2) is 0 Å². The Labute approximate surface area is 579 Å². The van der Waals surface area contributed by atoms with Crippen LogP contribution in [0.1, 0.15) is 162 Å². The van der Waals surface area contributed by atoms with Crippen LogP contribution in [-0.2, 0) is 62.0 Å². The number of aliphatic hydroxyl groups is 4. The molecular weight excluding hydrogens is 1320 g/mol. The van der Waals surface area contributed by atoms with Crippen LogP contribution >= 0.6 is 69.6 Å². The molecule has 6 saturated carbocycles. The van der Waals surface area contributed by atoms with Gasteiger partial charge in [0.05, 0.1) is 0 Å². The normalized spacial score (nSPS) is 29.2. The molecule has 0 aliphatic heterocycles. The molecule has 0 spiro atoms. The second-order valence-electron chi connectivity index (χ2n) is 25.1. The molecule has 16 nitrogen and oxygen atoms in total. The van der Waals surface area contributed by atoms with Crippen LogP contribution in [0, 0.1) is 0 Å². The Morgan fingerprint density at radius 1 is 0.266 bits per heavy atom. The molecular formula is C72H84Cl6N6O10. The largest absolute Gasteiger partial charge is 0.385 e. The van der Waals surface area contributed by atoms with Gasteiger partial charge in [0, 0.05) is 43.0 Å². The van der Waals surface area contributed by atoms with Crippen LogP contribution in [0.5, 0.6) is 0 Å². The van der Waals surface area contributed by atoms with E-state index in [0.29, 0.717) is 129 Å². The highest BCUT2D eigenvalue weighted by atomic mass is 35.5. The van der Waals surface area contributed by atoms with Gasteiger partial charge >= 0.3 is 0 Å². The Kier molecular flexibility index (Phi) is 26.9. The summed E-state index contributed by atoms with van der Waals surface area (Å²) in [6, 6.07) is 42.9. The predicted octanol–water partition coefficient (Wildman–Crippen LogP) is 11.7. The summed E-state index contributed by atoms with van der Waals surface area (Å²) in [4.78, 5) is 71.6. The number of carbonyl (C=O) groups excluding carboxylic acids is 6. The minimum absolute atomic E-state index is 0.113. The minimum Gasteiger partial charge on any atom is -0.385 e. The summed E-state index contributed by atoms with van der Waals surface area (Å²) in [5.74, 6) is -1.08. The van der Waals surface area contributed by atoms with Crippen molar-refractivity contribution in [3.8, 4) is 0 Å². The van der Waals surface area contributed by atoms with Gasteiger partial charge in [0.1, 0.15) is 57.6 Å². The van der Waals surface area contributed by atoms with Gasteiger partial charge in [0.2, 0.25) is 0 Å². The van der Waals surface area contributed by atoms with Crippen LogP contribution in [0.15, 0.2) is 146 Å². The Bertz CT molecular complexity index is 3290. The highest BCUT2D eigenvalue weighted by Crippen LogP contribution is 2.42. The van der Waals surface area contributed by atoms with E-state index < -0.39 is 57.6 Å². The van der Waals surface area contributed by atoms with Crippen LogP contribution in [0.2, 0.25) is 30.1 Å².